The van der Waals surface area contributed by atoms with Crippen molar-refractivity contribution >= 4 is 11.8 Å². The molecule has 2 rings (SSSR count). The first-order chi connectivity index (χ1) is 6.22. The third-order valence-corrected chi connectivity index (χ3v) is 3.90. The van der Waals surface area contributed by atoms with Crippen molar-refractivity contribution in [3.05, 3.63) is 18.0 Å². The Morgan fingerprint density at radius 1 is 1.46 bits per heavy atom. The Bertz CT molecular complexity index is 327. The number of rotatable bonds is 1. The molecule has 1 aromatic heterocycles. The molecule has 3 heteroatoms. The third kappa shape index (κ3) is 1.41. The maximum atomic E-state index is 5.13. The van der Waals surface area contributed by atoms with E-state index < -0.39 is 0 Å². The summed E-state index contributed by atoms with van der Waals surface area (Å²) in [4.78, 5) is 5.69. The lowest BCUT2D eigenvalue weighted by Gasteiger charge is -2.06. The second-order valence-corrected chi connectivity index (χ2v) is 4.79. The summed E-state index contributed by atoms with van der Waals surface area (Å²) in [5.41, 5.74) is 1.22. The lowest BCUT2D eigenvalue weighted by atomic mass is 10.0. The monoisotopic (exact) mass is 195 g/mol. The first-order valence-electron chi connectivity index (χ1n) is 4.43. The molecule has 0 N–H and O–H groups in total. The van der Waals surface area contributed by atoms with E-state index in [1.54, 1.807) is 13.3 Å². The average Bonchev–Trinajstić information content (AvgIpc) is 2.42. The summed E-state index contributed by atoms with van der Waals surface area (Å²) < 4.78 is 5.13. The predicted octanol–water partition coefficient (Wildman–Crippen LogP) is 2.69. The summed E-state index contributed by atoms with van der Waals surface area (Å²) in [6.07, 6.45) is 1.80. The number of ether oxygens (including phenoxy) is 1. The molecule has 0 amide bonds. The van der Waals surface area contributed by atoms with E-state index in [-0.39, 0.29) is 0 Å². The topological polar surface area (TPSA) is 22.1 Å². The van der Waals surface area contributed by atoms with Gasteiger partial charge in [-0.2, -0.15) is 0 Å². The molecule has 2 atom stereocenters. The van der Waals surface area contributed by atoms with E-state index in [9.17, 15) is 0 Å². The van der Waals surface area contributed by atoms with Gasteiger partial charge in [-0.1, -0.05) is 13.8 Å². The summed E-state index contributed by atoms with van der Waals surface area (Å²) in [7, 11) is 1.68. The van der Waals surface area contributed by atoms with E-state index >= 15 is 0 Å². The number of hydrogen-bond acceptors (Lipinski definition) is 3. The SMILES string of the molecule is COc1cnc2c(c1)SC(C)C2C. The Hall–Kier alpha value is -0.700. The fourth-order valence-electron chi connectivity index (χ4n) is 1.51. The number of hydrogen-bond donors (Lipinski definition) is 0. The van der Waals surface area contributed by atoms with Gasteiger partial charge in [0.2, 0.25) is 0 Å². The Balaban J connectivity index is 2.40. The maximum absolute atomic E-state index is 5.13. The summed E-state index contributed by atoms with van der Waals surface area (Å²) in [6, 6.07) is 2.08. The molecule has 2 heterocycles. The Morgan fingerprint density at radius 3 is 2.92 bits per heavy atom. The average molecular weight is 195 g/mol. The van der Waals surface area contributed by atoms with Crippen molar-refractivity contribution < 1.29 is 4.74 Å². The lowest BCUT2D eigenvalue weighted by molar-refractivity contribution is 0.411. The molecule has 0 spiro atoms. The molecule has 0 radical (unpaired) electrons. The number of pyridine rings is 1. The van der Waals surface area contributed by atoms with Gasteiger partial charge in [-0.15, -0.1) is 11.8 Å². The summed E-state index contributed by atoms with van der Waals surface area (Å²) in [5, 5.41) is 0.634. The highest BCUT2D eigenvalue weighted by atomic mass is 32.2. The van der Waals surface area contributed by atoms with Crippen molar-refractivity contribution in [1.82, 2.24) is 4.98 Å². The number of nitrogens with zero attached hydrogens (tertiary/aromatic N) is 1. The van der Waals surface area contributed by atoms with Crippen LogP contribution in [-0.2, 0) is 0 Å². The van der Waals surface area contributed by atoms with Gasteiger partial charge in [0, 0.05) is 16.1 Å². The van der Waals surface area contributed by atoms with Crippen molar-refractivity contribution in [2.45, 2.75) is 29.9 Å². The second kappa shape index (κ2) is 3.22. The van der Waals surface area contributed by atoms with E-state index in [1.165, 1.54) is 10.6 Å². The minimum absolute atomic E-state index is 0.561. The molecule has 1 aliphatic heterocycles. The molecule has 2 unspecified atom stereocenters. The highest BCUT2D eigenvalue weighted by Crippen LogP contribution is 2.44. The van der Waals surface area contributed by atoms with Crippen molar-refractivity contribution in [2.75, 3.05) is 7.11 Å². The first-order valence-corrected chi connectivity index (χ1v) is 5.31. The van der Waals surface area contributed by atoms with Gasteiger partial charge in [0.05, 0.1) is 19.0 Å². The zero-order valence-corrected chi connectivity index (χ0v) is 8.89. The van der Waals surface area contributed by atoms with Gasteiger partial charge in [-0.3, -0.25) is 4.98 Å². The minimum atomic E-state index is 0.561. The standard InChI is InChI=1S/C10H13NOS/c1-6-7(2)13-9-4-8(12-3)5-11-10(6)9/h4-7H,1-3H3. The van der Waals surface area contributed by atoms with E-state index in [2.05, 4.69) is 24.9 Å². The predicted molar refractivity (Wildman–Crippen MR) is 54.5 cm³/mol. The molecule has 70 valence electrons. The van der Waals surface area contributed by atoms with Crippen LogP contribution in [0.25, 0.3) is 0 Å². The van der Waals surface area contributed by atoms with Crippen LogP contribution in [-0.4, -0.2) is 17.3 Å². The zero-order valence-electron chi connectivity index (χ0n) is 8.07. The smallest absolute Gasteiger partial charge is 0.138 e. The van der Waals surface area contributed by atoms with Gasteiger partial charge in [0.25, 0.3) is 0 Å². The number of fused-ring (bicyclic) bond motifs is 1. The van der Waals surface area contributed by atoms with Gasteiger partial charge in [-0.05, 0) is 6.07 Å². The second-order valence-electron chi connectivity index (χ2n) is 3.37. The van der Waals surface area contributed by atoms with Crippen molar-refractivity contribution in [3.63, 3.8) is 0 Å². The summed E-state index contributed by atoms with van der Waals surface area (Å²) in [6.45, 7) is 4.46. The summed E-state index contributed by atoms with van der Waals surface area (Å²) in [5.74, 6) is 1.42. The third-order valence-electron chi connectivity index (χ3n) is 2.54. The molecule has 0 fully saturated rings. The molecular formula is C10H13NOS. The van der Waals surface area contributed by atoms with Gasteiger partial charge in [0.1, 0.15) is 5.75 Å². The van der Waals surface area contributed by atoms with Crippen LogP contribution >= 0.6 is 11.8 Å². The fourth-order valence-corrected chi connectivity index (χ4v) is 2.79. The Morgan fingerprint density at radius 2 is 2.23 bits per heavy atom. The molecule has 0 aromatic carbocycles. The molecule has 2 nitrogen and oxygen atoms in total. The van der Waals surface area contributed by atoms with Crippen LogP contribution in [0.2, 0.25) is 0 Å². The van der Waals surface area contributed by atoms with Crippen LogP contribution in [0.1, 0.15) is 25.5 Å². The van der Waals surface area contributed by atoms with E-state index in [0.29, 0.717) is 11.2 Å². The molecule has 1 aromatic rings. The van der Waals surface area contributed by atoms with Crippen LogP contribution < -0.4 is 4.74 Å². The molecule has 0 bridgehead atoms. The Labute approximate surface area is 82.7 Å². The zero-order chi connectivity index (χ0) is 9.42. The van der Waals surface area contributed by atoms with Crippen LogP contribution in [0.15, 0.2) is 17.2 Å². The van der Waals surface area contributed by atoms with Crippen LogP contribution in [0.4, 0.5) is 0 Å². The van der Waals surface area contributed by atoms with Crippen LogP contribution in [0, 0.1) is 0 Å². The number of thioether (sulfide) groups is 1. The van der Waals surface area contributed by atoms with E-state index in [4.69, 9.17) is 4.74 Å². The van der Waals surface area contributed by atoms with Crippen molar-refractivity contribution in [3.8, 4) is 5.75 Å². The normalized spacial score (nSPS) is 25.8. The van der Waals surface area contributed by atoms with Crippen LogP contribution in [0.3, 0.4) is 0 Å². The summed E-state index contributed by atoms with van der Waals surface area (Å²) >= 11 is 1.89. The molecule has 1 aliphatic rings. The molecular weight excluding hydrogens is 182 g/mol. The van der Waals surface area contributed by atoms with Gasteiger partial charge >= 0.3 is 0 Å². The van der Waals surface area contributed by atoms with E-state index in [1.807, 2.05) is 11.8 Å². The molecule has 0 aliphatic carbocycles. The number of methoxy groups -OCH3 is 1. The first kappa shape index (κ1) is 8.88. The Kier molecular flexibility index (Phi) is 2.20. The number of aromatic nitrogens is 1. The molecule has 13 heavy (non-hydrogen) atoms. The van der Waals surface area contributed by atoms with Gasteiger partial charge in [0.15, 0.2) is 0 Å². The largest absolute Gasteiger partial charge is 0.495 e. The molecule has 0 saturated carbocycles. The quantitative estimate of drug-likeness (QED) is 0.688. The van der Waals surface area contributed by atoms with Gasteiger partial charge < -0.3 is 4.74 Å². The maximum Gasteiger partial charge on any atom is 0.138 e. The fraction of sp³-hybridized carbons (Fsp3) is 0.500. The van der Waals surface area contributed by atoms with Crippen molar-refractivity contribution in [1.29, 1.82) is 0 Å². The minimum Gasteiger partial charge on any atom is -0.495 e. The van der Waals surface area contributed by atoms with Gasteiger partial charge in [-0.25, -0.2) is 0 Å². The van der Waals surface area contributed by atoms with Crippen LogP contribution in [0.5, 0.6) is 5.75 Å². The van der Waals surface area contributed by atoms with E-state index in [0.717, 1.165) is 5.75 Å². The molecule has 0 saturated heterocycles. The lowest BCUT2D eigenvalue weighted by Crippen LogP contribution is -2.01. The highest BCUT2D eigenvalue weighted by Gasteiger charge is 2.28. The highest BCUT2D eigenvalue weighted by molar-refractivity contribution is 8.00. The van der Waals surface area contributed by atoms with Crippen molar-refractivity contribution in [2.24, 2.45) is 0 Å².